The number of fused-ring (bicyclic) bond motifs is 2. The fourth-order valence-electron chi connectivity index (χ4n) is 4.88. The molecule has 2 aliphatic heterocycles. The molecule has 1 aliphatic carbocycles. The third-order valence-corrected chi connectivity index (χ3v) is 9.64. The van der Waals surface area contributed by atoms with Crippen LogP contribution >= 0.6 is 11.3 Å². The topological polar surface area (TPSA) is 102 Å². The minimum Gasteiger partial charge on any atom is -0.465 e. The average Bonchev–Trinajstić information content (AvgIpc) is 3.56. The van der Waals surface area contributed by atoms with Gasteiger partial charge in [-0.05, 0) is 67.3 Å². The fourth-order valence-corrected chi connectivity index (χ4v) is 7.83. The summed E-state index contributed by atoms with van der Waals surface area (Å²) in [6.45, 7) is 1.25. The third kappa shape index (κ3) is 4.15. The number of esters is 1. The minimum absolute atomic E-state index is 0.0636. The van der Waals surface area contributed by atoms with Crippen molar-refractivity contribution in [1.29, 1.82) is 0 Å². The largest absolute Gasteiger partial charge is 0.465 e. The van der Waals surface area contributed by atoms with E-state index < -0.39 is 22.1 Å². The van der Waals surface area contributed by atoms with E-state index in [9.17, 15) is 18.0 Å². The first-order valence-electron chi connectivity index (χ1n) is 11.2. The molecule has 1 fully saturated rings. The molecule has 8 nitrogen and oxygen atoms in total. The molecule has 0 saturated carbocycles. The summed E-state index contributed by atoms with van der Waals surface area (Å²) in [6, 6.07) is 5.58. The predicted molar refractivity (Wildman–Crippen MR) is 123 cm³/mol. The zero-order chi connectivity index (χ0) is 23.2. The van der Waals surface area contributed by atoms with Gasteiger partial charge in [-0.25, -0.2) is 13.2 Å². The lowest BCUT2D eigenvalue weighted by molar-refractivity contribution is -0.141. The molecule has 0 bridgehead atoms. The molecule has 1 unspecified atom stereocenters. The zero-order valence-electron chi connectivity index (χ0n) is 18.4. The minimum atomic E-state index is -4.02. The summed E-state index contributed by atoms with van der Waals surface area (Å²) in [5.74, 6) is -0.757. The van der Waals surface area contributed by atoms with Crippen LogP contribution in [0.15, 0.2) is 22.4 Å². The number of hydrogen-bond acceptors (Lipinski definition) is 7. The Morgan fingerprint density at radius 2 is 2.00 bits per heavy atom. The quantitative estimate of drug-likeness (QED) is 0.647. The molecule has 1 aromatic carbocycles. The molecule has 33 heavy (non-hydrogen) atoms. The number of carbonyl (C=O) groups is 2. The number of nitrogens with one attached hydrogen (secondary N) is 1. The van der Waals surface area contributed by atoms with Crippen molar-refractivity contribution in [1.82, 2.24) is 4.90 Å². The van der Waals surface area contributed by atoms with E-state index in [-0.39, 0.29) is 22.2 Å². The molecule has 0 spiro atoms. The summed E-state index contributed by atoms with van der Waals surface area (Å²) in [4.78, 5) is 27.8. The SMILES string of the molecule is COC(=O)c1c(S(=O)(=O)Nc2ccc3c(c2)CCC3)sc2c1CCN(C(=O)C1CCCO1)C2. The highest BCUT2D eigenvalue weighted by molar-refractivity contribution is 7.94. The van der Waals surface area contributed by atoms with Gasteiger partial charge in [0.25, 0.3) is 15.9 Å². The number of methoxy groups -OCH3 is 1. The molecule has 5 rings (SSSR count). The summed E-state index contributed by atoms with van der Waals surface area (Å²) in [5.41, 5.74) is 3.61. The monoisotopic (exact) mass is 490 g/mol. The maximum absolute atomic E-state index is 13.4. The maximum Gasteiger partial charge on any atom is 0.340 e. The molecular weight excluding hydrogens is 464 g/mol. The summed E-state index contributed by atoms with van der Waals surface area (Å²) in [6.07, 6.45) is 4.52. The van der Waals surface area contributed by atoms with Crippen LogP contribution < -0.4 is 4.72 Å². The molecule has 3 heterocycles. The molecule has 1 amide bonds. The van der Waals surface area contributed by atoms with Crippen LogP contribution in [0.2, 0.25) is 0 Å². The lowest BCUT2D eigenvalue weighted by atomic mass is 10.0. The molecule has 1 atom stereocenters. The lowest BCUT2D eigenvalue weighted by Crippen LogP contribution is -2.41. The molecule has 176 valence electrons. The van der Waals surface area contributed by atoms with Crippen molar-refractivity contribution in [3.8, 4) is 0 Å². The lowest BCUT2D eigenvalue weighted by Gasteiger charge is -2.29. The Kier molecular flexibility index (Phi) is 5.92. The number of hydrogen-bond donors (Lipinski definition) is 1. The summed E-state index contributed by atoms with van der Waals surface area (Å²) < 4.78 is 39.8. The highest BCUT2D eigenvalue weighted by Gasteiger charge is 2.37. The molecular formula is C23H26N2O6S2. The van der Waals surface area contributed by atoms with E-state index in [4.69, 9.17) is 9.47 Å². The van der Waals surface area contributed by atoms with E-state index in [1.165, 1.54) is 12.7 Å². The molecule has 0 radical (unpaired) electrons. The smallest absolute Gasteiger partial charge is 0.340 e. The molecule has 10 heteroatoms. The van der Waals surface area contributed by atoms with E-state index in [2.05, 4.69) is 4.72 Å². The number of carbonyl (C=O) groups excluding carboxylic acids is 2. The van der Waals surface area contributed by atoms with Gasteiger partial charge in [-0.3, -0.25) is 9.52 Å². The Morgan fingerprint density at radius 3 is 2.76 bits per heavy atom. The van der Waals surface area contributed by atoms with Gasteiger partial charge in [-0.15, -0.1) is 11.3 Å². The number of benzene rings is 1. The van der Waals surface area contributed by atoms with Crippen LogP contribution in [0.3, 0.4) is 0 Å². The van der Waals surface area contributed by atoms with Crippen molar-refractivity contribution in [3.05, 3.63) is 45.3 Å². The third-order valence-electron chi connectivity index (χ3n) is 6.53. The van der Waals surface area contributed by atoms with Crippen LogP contribution in [0.1, 0.15) is 51.2 Å². The van der Waals surface area contributed by atoms with E-state index >= 15 is 0 Å². The second kappa shape index (κ2) is 8.73. The van der Waals surface area contributed by atoms with Crippen LogP contribution in [-0.4, -0.2) is 51.6 Å². The van der Waals surface area contributed by atoms with Crippen molar-refractivity contribution in [2.45, 2.75) is 55.4 Å². The Morgan fingerprint density at radius 1 is 1.18 bits per heavy atom. The Bertz CT molecular complexity index is 1210. The van der Waals surface area contributed by atoms with Gasteiger partial charge < -0.3 is 14.4 Å². The second-order valence-corrected chi connectivity index (χ2v) is 11.6. The second-order valence-electron chi connectivity index (χ2n) is 8.61. The molecule has 1 saturated heterocycles. The van der Waals surface area contributed by atoms with Crippen LogP contribution in [0, 0.1) is 0 Å². The fraction of sp³-hybridized carbons (Fsp3) is 0.478. The van der Waals surface area contributed by atoms with Gasteiger partial charge in [0.05, 0.1) is 19.2 Å². The predicted octanol–water partition coefficient (Wildman–Crippen LogP) is 2.89. The van der Waals surface area contributed by atoms with Crippen LogP contribution in [0.4, 0.5) is 5.69 Å². The van der Waals surface area contributed by atoms with E-state index in [1.807, 2.05) is 12.1 Å². The van der Waals surface area contributed by atoms with Gasteiger partial charge in [0.2, 0.25) is 0 Å². The van der Waals surface area contributed by atoms with Gasteiger partial charge in [0.15, 0.2) is 4.21 Å². The van der Waals surface area contributed by atoms with Crippen LogP contribution in [0.5, 0.6) is 0 Å². The highest BCUT2D eigenvalue weighted by Crippen LogP contribution is 2.38. The van der Waals surface area contributed by atoms with Crippen molar-refractivity contribution in [2.75, 3.05) is 25.0 Å². The first-order valence-corrected chi connectivity index (χ1v) is 13.4. The first-order chi connectivity index (χ1) is 15.9. The first kappa shape index (κ1) is 22.4. The van der Waals surface area contributed by atoms with E-state index in [1.54, 1.807) is 11.0 Å². The van der Waals surface area contributed by atoms with Crippen LogP contribution in [-0.2, 0) is 50.1 Å². The number of amides is 1. The zero-order valence-corrected chi connectivity index (χ0v) is 20.0. The summed E-state index contributed by atoms with van der Waals surface area (Å²) in [7, 11) is -2.78. The van der Waals surface area contributed by atoms with Gasteiger partial charge in [-0.2, -0.15) is 0 Å². The Labute approximate surface area is 196 Å². The van der Waals surface area contributed by atoms with Crippen molar-refractivity contribution >= 4 is 38.9 Å². The van der Waals surface area contributed by atoms with Gasteiger partial charge in [-0.1, -0.05) is 6.07 Å². The van der Waals surface area contributed by atoms with Crippen molar-refractivity contribution in [3.63, 3.8) is 0 Å². The molecule has 1 aromatic heterocycles. The number of ether oxygens (including phenoxy) is 2. The molecule has 1 N–H and O–H groups in total. The maximum atomic E-state index is 13.4. The number of sulfonamides is 1. The van der Waals surface area contributed by atoms with Crippen molar-refractivity contribution in [2.24, 2.45) is 0 Å². The summed E-state index contributed by atoms with van der Waals surface area (Å²) in [5, 5.41) is 0. The number of aryl methyl sites for hydroxylation is 2. The molecule has 2 aromatic rings. The Hall–Kier alpha value is -2.43. The number of rotatable bonds is 5. The van der Waals surface area contributed by atoms with Gasteiger partial charge >= 0.3 is 5.97 Å². The van der Waals surface area contributed by atoms with Gasteiger partial charge in [0.1, 0.15) is 6.10 Å². The number of nitrogens with zero attached hydrogens (tertiary/aromatic N) is 1. The number of anilines is 1. The van der Waals surface area contributed by atoms with E-state index in [0.717, 1.165) is 42.6 Å². The van der Waals surface area contributed by atoms with Crippen molar-refractivity contribution < 1.29 is 27.5 Å². The normalized spacial score (nSPS) is 19.8. The summed E-state index contributed by atoms with van der Waals surface area (Å²) >= 11 is 1.03. The number of thiophene rings is 1. The van der Waals surface area contributed by atoms with Gasteiger partial charge in [0, 0.05) is 23.7 Å². The Balaban J connectivity index is 1.46. The molecule has 3 aliphatic rings. The highest BCUT2D eigenvalue weighted by atomic mass is 32.2. The standard InChI is InChI=1S/C23H26N2O6S2/c1-30-22(27)20-17-9-10-25(21(26)18-6-3-11-31-18)13-19(17)32-23(20)33(28,29)24-16-8-7-14-4-2-5-15(14)12-16/h7-8,12,18,24H,2-6,9-11,13H2,1H3. The van der Waals surface area contributed by atoms with Crippen LogP contribution in [0.25, 0.3) is 0 Å². The average molecular weight is 491 g/mol. The van der Waals surface area contributed by atoms with E-state index in [0.29, 0.717) is 42.1 Å².